The van der Waals surface area contributed by atoms with Crippen LogP contribution in [0.25, 0.3) is 0 Å². The third-order valence-corrected chi connectivity index (χ3v) is 5.49. The molecular weight excluding hydrogens is 347 g/mol. The molecule has 0 fully saturated rings. The highest BCUT2D eigenvalue weighted by Crippen LogP contribution is 2.30. The van der Waals surface area contributed by atoms with Crippen LogP contribution < -0.4 is 5.48 Å². The summed E-state index contributed by atoms with van der Waals surface area (Å²) in [5.74, 6) is -0.702. The largest absolute Gasteiger partial charge is 0.331 e. The zero-order chi connectivity index (χ0) is 16.4. The molecule has 22 heavy (non-hydrogen) atoms. The Hall–Kier alpha value is -1.34. The van der Waals surface area contributed by atoms with Gasteiger partial charge in [0, 0.05) is 18.3 Å². The monoisotopic (exact) mass is 360 g/mol. The molecule has 0 aliphatic heterocycles. The Bertz CT molecular complexity index is 724. The van der Waals surface area contributed by atoms with Gasteiger partial charge in [0.05, 0.1) is 15.6 Å². The molecule has 2 N–H and O–H groups in total. The third kappa shape index (κ3) is 3.35. The average molecular weight is 361 g/mol. The Labute approximate surface area is 141 Å². The maximum Gasteiger partial charge on any atom is 0.284 e. The summed E-state index contributed by atoms with van der Waals surface area (Å²) in [5, 5.41) is 9.29. The number of aromatic nitrogens is 1. The van der Waals surface area contributed by atoms with Gasteiger partial charge in [0.2, 0.25) is 0 Å². The second-order valence-corrected chi connectivity index (χ2v) is 6.78. The van der Waals surface area contributed by atoms with Crippen LogP contribution in [0.5, 0.6) is 0 Å². The van der Waals surface area contributed by atoms with Crippen LogP contribution in [0.1, 0.15) is 44.3 Å². The summed E-state index contributed by atoms with van der Waals surface area (Å²) < 4.78 is 1.55. The predicted molar refractivity (Wildman–Crippen MR) is 86.4 cm³/mol. The molecular formula is C14H14Cl2N2O3S. The molecule has 1 atom stereocenters. The van der Waals surface area contributed by atoms with Crippen LogP contribution in [-0.2, 0) is 7.05 Å². The van der Waals surface area contributed by atoms with Crippen molar-refractivity contribution in [2.24, 2.45) is 7.05 Å². The van der Waals surface area contributed by atoms with Gasteiger partial charge >= 0.3 is 0 Å². The number of carbonyl (C=O) groups is 2. The number of rotatable bonds is 5. The molecule has 118 valence electrons. The second kappa shape index (κ2) is 6.83. The van der Waals surface area contributed by atoms with E-state index in [-0.39, 0.29) is 18.1 Å². The van der Waals surface area contributed by atoms with Gasteiger partial charge in [-0.25, -0.2) is 5.48 Å². The topological polar surface area (TPSA) is 71.3 Å². The Morgan fingerprint density at radius 2 is 2.09 bits per heavy atom. The molecule has 2 rings (SSSR count). The summed E-state index contributed by atoms with van der Waals surface area (Å²) in [4.78, 5) is 25.0. The standard InChI is InChI=1S/C14H14Cl2N2O3S/c1-7(11-3-4-12(22-11)14(20)17-21)5-10(19)9-6-8(15)13(16)18(9)2/h3-4,6-7,21H,5H2,1-2H3,(H,17,20)/t7-/m0/s1. The third-order valence-electron chi connectivity index (χ3n) is 3.33. The first-order valence-electron chi connectivity index (χ1n) is 6.43. The highest BCUT2D eigenvalue weighted by Gasteiger charge is 2.20. The molecule has 2 aromatic rings. The maximum absolute atomic E-state index is 12.4. The van der Waals surface area contributed by atoms with E-state index in [9.17, 15) is 9.59 Å². The van der Waals surface area contributed by atoms with Crippen LogP contribution in [0.3, 0.4) is 0 Å². The molecule has 0 bridgehead atoms. The summed E-state index contributed by atoms with van der Waals surface area (Å²) >= 11 is 13.1. The number of ketones is 1. The number of hydrogen-bond donors (Lipinski definition) is 2. The summed E-state index contributed by atoms with van der Waals surface area (Å²) in [5.41, 5.74) is 2.04. The van der Waals surface area contributed by atoms with Crippen molar-refractivity contribution in [2.75, 3.05) is 0 Å². The van der Waals surface area contributed by atoms with E-state index in [0.29, 0.717) is 20.7 Å². The van der Waals surface area contributed by atoms with Gasteiger partial charge in [-0.2, -0.15) is 0 Å². The van der Waals surface area contributed by atoms with Gasteiger partial charge < -0.3 is 4.57 Å². The lowest BCUT2D eigenvalue weighted by Crippen LogP contribution is -2.16. The van der Waals surface area contributed by atoms with Gasteiger partial charge in [0.15, 0.2) is 5.78 Å². The van der Waals surface area contributed by atoms with E-state index in [2.05, 4.69) is 0 Å². The molecule has 0 saturated heterocycles. The Kier molecular flexibility index (Phi) is 5.28. The van der Waals surface area contributed by atoms with Crippen molar-refractivity contribution in [3.63, 3.8) is 0 Å². The van der Waals surface area contributed by atoms with Gasteiger partial charge in [0.25, 0.3) is 5.91 Å². The SMILES string of the molecule is C[C@@H](CC(=O)c1cc(Cl)c(Cl)n1C)c1ccc(C(=O)NO)s1. The highest BCUT2D eigenvalue weighted by atomic mass is 35.5. The van der Waals surface area contributed by atoms with Gasteiger partial charge in [0.1, 0.15) is 5.15 Å². The van der Waals surface area contributed by atoms with Crippen molar-refractivity contribution in [3.05, 3.63) is 43.8 Å². The maximum atomic E-state index is 12.4. The average Bonchev–Trinajstić information content (AvgIpc) is 3.08. The van der Waals surface area contributed by atoms with Crippen LogP contribution in [-0.4, -0.2) is 21.5 Å². The number of amides is 1. The molecule has 0 aliphatic carbocycles. The fourth-order valence-corrected chi connectivity index (χ4v) is 3.41. The van der Waals surface area contributed by atoms with Gasteiger partial charge in [-0.15, -0.1) is 11.3 Å². The summed E-state index contributed by atoms with van der Waals surface area (Å²) in [7, 11) is 1.68. The number of hydroxylamine groups is 1. The molecule has 0 aromatic carbocycles. The van der Waals surface area contributed by atoms with E-state index >= 15 is 0 Å². The van der Waals surface area contributed by atoms with Gasteiger partial charge in [-0.3, -0.25) is 14.8 Å². The molecule has 8 heteroatoms. The summed E-state index contributed by atoms with van der Waals surface area (Å²) in [6, 6.07) is 4.94. The molecule has 0 unspecified atom stereocenters. The lowest BCUT2D eigenvalue weighted by Gasteiger charge is -2.09. The number of nitrogens with one attached hydrogen (secondary N) is 1. The first-order valence-corrected chi connectivity index (χ1v) is 8.00. The number of carbonyl (C=O) groups excluding carboxylic acids is 2. The fraction of sp³-hybridized carbons (Fsp3) is 0.286. The van der Waals surface area contributed by atoms with Crippen molar-refractivity contribution >= 4 is 46.2 Å². The molecule has 0 radical (unpaired) electrons. The zero-order valence-corrected chi connectivity index (χ0v) is 14.2. The number of hydrogen-bond acceptors (Lipinski definition) is 4. The molecule has 0 saturated carbocycles. The van der Waals surface area contributed by atoms with E-state index in [4.69, 9.17) is 28.4 Å². The van der Waals surface area contributed by atoms with Crippen molar-refractivity contribution in [1.29, 1.82) is 0 Å². The van der Waals surface area contributed by atoms with E-state index < -0.39 is 5.91 Å². The first-order chi connectivity index (χ1) is 10.3. The van der Waals surface area contributed by atoms with Crippen molar-refractivity contribution in [2.45, 2.75) is 19.3 Å². The summed E-state index contributed by atoms with van der Waals surface area (Å²) in [6.07, 6.45) is 0.269. The van der Waals surface area contributed by atoms with Crippen LogP contribution in [0.2, 0.25) is 10.2 Å². The van der Waals surface area contributed by atoms with Crippen LogP contribution in [0.15, 0.2) is 18.2 Å². The Morgan fingerprint density at radius 3 is 2.64 bits per heavy atom. The normalized spacial score (nSPS) is 12.2. The smallest absolute Gasteiger partial charge is 0.284 e. The van der Waals surface area contributed by atoms with Gasteiger partial charge in [-0.1, -0.05) is 30.1 Å². The van der Waals surface area contributed by atoms with Crippen LogP contribution in [0, 0.1) is 0 Å². The summed E-state index contributed by atoms with van der Waals surface area (Å²) in [6.45, 7) is 1.90. The van der Waals surface area contributed by atoms with Crippen molar-refractivity contribution in [3.8, 4) is 0 Å². The molecule has 0 aliphatic rings. The lowest BCUT2D eigenvalue weighted by atomic mass is 10.0. The lowest BCUT2D eigenvalue weighted by molar-refractivity contribution is 0.0711. The fourth-order valence-electron chi connectivity index (χ4n) is 2.09. The van der Waals surface area contributed by atoms with Crippen molar-refractivity contribution in [1.82, 2.24) is 10.0 Å². The second-order valence-electron chi connectivity index (χ2n) is 4.90. The number of halogens is 2. The van der Waals surface area contributed by atoms with Crippen LogP contribution in [0.4, 0.5) is 0 Å². The van der Waals surface area contributed by atoms with E-state index in [1.807, 2.05) is 6.92 Å². The quantitative estimate of drug-likeness (QED) is 0.482. The zero-order valence-electron chi connectivity index (χ0n) is 11.9. The minimum atomic E-state index is -0.559. The molecule has 1 amide bonds. The highest BCUT2D eigenvalue weighted by molar-refractivity contribution is 7.14. The van der Waals surface area contributed by atoms with E-state index in [1.54, 1.807) is 35.3 Å². The first kappa shape index (κ1) is 17.0. The Morgan fingerprint density at radius 1 is 1.41 bits per heavy atom. The minimum absolute atomic E-state index is 0.0646. The Balaban J connectivity index is 2.12. The molecule has 2 heterocycles. The van der Waals surface area contributed by atoms with Gasteiger partial charge in [-0.05, 0) is 24.1 Å². The number of Topliss-reactive ketones (excluding diaryl/α,β-unsaturated/α-hetero) is 1. The molecule has 2 aromatic heterocycles. The van der Waals surface area contributed by atoms with E-state index in [1.165, 1.54) is 11.3 Å². The number of nitrogens with zero attached hydrogens (tertiary/aromatic N) is 1. The molecule has 0 spiro atoms. The van der Waals surface area contributed by atoms with Crippen LogP contribution >= 0.6 is 34.5 Å². The molecule has 5 nitrogen and oxygen atoms in total. The number of thiophene rings is 1. The van der Waals surface area contributed by atoms with E-state index in [0.717, 1.165) is 4.88 Å². The van der Waals surface area contributed by atoms with Crippen molar-refractivity contribution < 1.29 is 14.8 Å². The minimum Gasteiger partial charge on any atom is -0.331 e. The predicted octanol–water partition coefficient (Wildman–Crippen LogP) is 3.89.